The molecule has 2 N–H and O–H groups in total. The quantitative estimate of drug-likeness (QED) is 0.812. The van der Waals surface area contributed by atoms with E-state index in [0.29, 0.717) is 13.0 Å². The van der Waals surface area contributed by atoms with Gasteiger partial charge < -0.3 is 15.2 Å². The molecule has 0 heterocycles. The predicted octanol–water partition coefficient (Wildman–Crippen LogP) is 2.95. The van der Waals surface area contributed by atoms with Gasteiger partial charge in [0.05, 0.1) is 18.6 Å². The number of carbonyl (C=O) groups is 1. The highest BCUT2D eigenvalue weighted by Gasteiger charge is 2.51. The molecule has 0 radical (unpaired) electrons. The number of hydrogen-bond acceptors (Lipinski definition) is 3. The molecule has 1 aromatic carbocycles. The molecule has 2 rings (SSSR count). The first-order valence-corrected chi connectivity index (χ1v) is 8.32. The molecule has 1 aromatic rings. The summed E-state index contributed by atoms with van der Waals surface area (Å²) in [5.41, 5.74) is 1.59. The van der Waals surface area contributed by atoms with Crippen molar-refractivity contribution in [2.45, 2.75) is 58.5 Å². The molecular weight excluding hydrogens is 290 g/mol. The highest BCUT2D eigenvalue weighted by atomic mass is 16.5. The molecule has 0 spiro atoms. The first-order chi connectivity index (χ1) is 10.7. The van der Waals surface area contributed by atoms with E-state index in [0.717, 1.165) is 29.7 Å². The van der Waals surface area contributed by atoms with Crippen LogP contribution in [0, 0.1) is 12.3 Å². The van der Waals surface area contributed by atoms with E-state index in [4.69, 9.17) is 4.74 Å². The average Bonchev–Trinajstić information content (AvgIpc) is 3.25. The van der Waals surface area contributed by atoms with Gasteiger partial charge in [0.15, 0.2) is 0 Å². The molecule has 4 heteroatoms. The van der Waals surface area contributed by atoms with Crippen LogP contribution in [0.2, 0.25) is 0 Å². The maximum Gasteiger partial charge on any atom is 0.230 e. The maximum atomic E-state index is 12.7. The Morgan fingerprint density at radius 1 is 1.43 bits per heavy atom. The summed E-state index contributed by atoms with van der Waals surface area (Å²) < 4.78 is 5.39. The van der Waals surface area contributed by atoms with Gasteiger partial charge in [0.25, 0.3) is 0 Å². The zero-order valence-corrected chi connectivity index (χ0v) is 14.9. The third-order valence-corrected chi connectivity index (χ3v) is 4.72. The largest absolute Gasteiger partial charge is 0.496 e. The van der Waals surface area contributed by atoms with Crippen LogP contribution in [-0.2, 0) is 10.2 Å². The molecule has 128 valence electrons. The summed E-state index contributed by atoms with van der Waals surface area (Å²) in [6.45, 7) is 8.48. The van der Waals surface area contributed by atoms with Gasteiger partial charge in [0.2, 0.25) is 5.91 Å². The van der Waals surface area contributed by atoms with Crippen molar-refractivity contribution >= 4 is 5.91 Å². The van der Waals surface area contributed by atoms with Gasteiger partial charge in [-0.1, -0.05) is 26.0 Å². The highest BCUT2D eigenvalue weighted by Crippen LogP contribution is 2.49. The van der Waals surface area contributed by atoms with Crippen LogP contribution in [0.5, 0.6) is 5.75 Å². The van der Waals surface area contributed by atoms with Crippen LogP contribution in [0.3, 0.4) is 0 Å². The Morgan fingerprint density at radius 2 is 2.09 bits per heavy atom. The fraction of sp³-hybridized carbons (Fsp3) is 0.632. The Hall–Kier alpha value is -1.55. The summed E-state index contributed by atoms with van der Waals surface area (Å²) in [6.07, 6.45) is 2.06. The molecule has 1 amide bonds. The minimum absolute atomic E-state index is 0.0853. The number of carbonyl (C=O) groups excluding carboxylic acids is 1. The zero-order valence-electron chi connectivity index (χ0n) is 14.9. The lowest BCUT2D eigenvalue weighted by Gasteiger charge is -2.27. The number of benzene rings is 1. The summed E-state index contributed by atoms with van der Waals surface area (Å²) in [4.78, 5) is 12.7. The second-order valence-electron chi connectivity index (χ2n) is 7.67. The van der Waals surface area contributed by atoms with Crippen molar-refractivity contribution in [3.05, 3.63) is 29.3 Å². The number of rotatable bonds is 7. The lowest BCUT2D eigenvalue weighted by Crippen LogP contribution is -2.41. The van der Waals surface area contributed by atoms with E-state index < -0.39 is 5.41 Å². The lowest BCUT2D eigenvalue weighted by molar-refractivity contribution is -0.124. The Balaban J connectivity index is 2.07. The summed E-state index contributed by atoms with van der Waals surface area (Å²) in [7, 11) is 1.66. The Labute approximate surface area is 139 Å². The molecule has 1 unspecified atom stereocenters. The van der Waals surface area contributed by atoms with Crippen molar-refractivity contribution in [1.82, 2.24) is 5.32 Å². The second-order valence-corrected chi connectivity index (χ2v) is 7.67. The van der Waals surface area contributed by atoms with Crippen LogP contribution in [0.25, 0.3) is 0 Å². The summed E-state index contributed by atoms with van der Waals surface area (Å²) in [6, 6.07) is 6.03. The molecule has 1 aliphatic rings. The zero-order chi connectivity index (χ0) is 17.3. The van der Waals surface area contributed by atoms with Gasteiger partial charge >= 0.3 is 0 Å². The first-order valence-electron chi connectivity index (χ1n) is 8.32. The number of amides is 1. The Bertz CT molecular complexity index is 574. The molecule has 1 saturated carbocycles. The summed E-state index contributed by atoms with van der Waals surface area (Å²) in [5.74, 6) is 0.915. The standard InChI is InChI=1S/C19H29NO3/c1-13-6-7-15(10-16(13)23-5)19(8-9-19)17(22)20-12-18(3,4)11-14(2)21/h6-7,10,14,21H,8-9,11-12H2,1-5H3,(H,20,22). The topological polar surface area (TPSA) is 58.6 Å². The van der Waals surface area contributed by atoms with Crippen molar-refractivity contribution in [3.8, 4) is 5.75 Å². The fourth-order valence-electron chi connectivity index (χ4n) is 3.25. The van der Waals surface area contributed by atoms with E-state index in [2.05, 4.69) is 19.2 Å². The van der Waals surface area contributed by atoms with E-state index in [1.54, 1.807) is 14.0 Å². The van der Waals surface area contributed by atoms with Crippen molar-refractivity contribution < 1.29 is 14.6 Å². The Morgan fingerprint density at radius 3 is 2.61 bits per heavy atom. The highest BCUT2D eigenvalue weighted by molar-refractivity contribution is 5.91. The van der Waals surface area contributed by atoms with Gasteiger partial charge in [0, 0.05) is 6.54 Å². The molecule has 4 nitrogen and oxygen atoms in total. The van der Waals surface area contributed by atoms with Crippen molar-refractivity contribution in [3.63, 3.8) is 0 Å². The maximum absolute atomic E-state index is 12.7. The van der Waals surface area contributed by atoms with Gasteiger partial charge in [-0.3, -0.25) is 4.79 Å². The molecule has 0 bridgehead atoms. The minimum atomic E-state index is -0.401. The molecule has 0 aliphatic heterocycles. The molecule has 1 atom stereocenters. The number of aliphatic hydroxyl groups is 1. The van der Waals surface area contributed by atoms with Crippen LogP contribution in [-0.4, -0.2) is 30.8 Å². The average molecular weight is 319 g/mol. The minimum Gasteiger partial charge on any atom is -0.496 e. The van der Waals surface area contributed by atoms with Crippen molar-refractivity contribution in [1.29, 1.82) is 0 Å². The number of ether oxygens (including phenoxy) is 1. The van der Waals surface area contributed by atoms with E-state index in [1.165, 1.54) is 0 Å². The molecule has 0 saturated heterocycles. The number of methoxy groups -OCH3 is 1. The third kappa shape index (κ3) is 4.05. The van der Waals surface area contributed by atoms with Gasteiger partial charge in [-0.2, -0.15) is 0 Å². The van der Waals surface area contributed by atoms with Crippen LogP contribution in [0.1, 0.15) is 51.2 Å². The van der Waals surface area contributed by atoms with E-state index in [-0.39, 0.29) is 17.4 Å². The smallest absolute Gasteiger partial charge is 0.230 e. The molecule has 1 aliphatic carbocycles. The lowest BCUT2D eigenvalue weighted by atomic mass is 9.86. The van der Waals surface area contributed by atoms with Gasteiger partial charge in [-0.15, -0.1) is 0 Å². The number of aliphatic hydroxyl groups excluding tert-OH is 1. The number of nitrogens with one attached hydrogen (secondary N) is 1. The van der Waals surface area contributed by atoms with Gasteiger partial charge in [0.1, 0.15) is 5.75 Å². The second kappa shape index (κ2) is 6.52. The third-order valence-electron chi connectivity index (χ3n) is 4.72. The molecule has 0 aromatic heterocycles. The summed E-state index contributed by atoms with van der Waals surface area (Å²) >= 11 is 0. The van der Waals surface area contributed by atoms with Crippen LogP contribution >= 0.6 is 0 Å². The SMILES string of the molecule is COc1cc(C2(C(=O)NCC(C)(C)CC(C)O)CC2)ccc1C. The summed E-state index contributed by atoms with van der Waals surface area (Å²) in [5, 5.41) is 12.7. The monoisotopic (exact) mass is 319 g/mol. The van der Waals surface area contributed by atoms with E-state index >= 15 is 0 Å². The van der Waals surface area contributed by atoms with E-state index in [1.807, 2.05) is 25.1 Å². The number of hydrogen-bond donors (Lipinski definition) is 2. The van der Waals surface area contributed by atoms with Gasteiger partial charge in [-0.05, 0) is 55.7 Å². The van der Waals surface area contributed by atoms with Crippen molar-refractivity contribution in [2.75, 3.05) is 13.7 Å². The Kier molecular flexibility index (Phi) is 5.04. The number of aryl methyl sites for hydroxylation is 1. The van der Waals surface area contributed by atoms with E-state index in [9.17, 15) is 9.90 Å². The van der Waals surface area contributed by atoms with Crippen LogP contribution in [0.4, 0.5) is 0 Å². The predicted molar refractivity (Wildman–Crippen MR) is 91.7 cm³/mol. The molecular formula is C19H29NO3. The van der Waals surface area contributed by atoms with Crippen molar-refractivity contribution in [2.24, 2.45) is 5.41 Å². The molecule has 1 fully saturated rings. The van der Waals surface area contributed by atoms with Crippen LogP contribution in [0.15, 0.2) is 18.2 Å². The van der Waals surface area contributed by atoms with Gasteiger partial charge in [-0.25, -0.2) is 0 Å². The normalized spacial score (nSPS) is 17.5. The fourth-order valence-corrected chi connectivity index (χ4v) is 3.25. The first kappa shape index (κ1) is 17.8. The van der Waals surface area contributed by atoms with Crippen LogP contribution < -0.4 is 10.1 Å². The molecule has 23 heavy (non-hydrogen) atoms.